The molecule has 1 N–H and O–H groups in total. The second-order valence-electron chi connectivity index (χ2n) is 11.4. The fourth-order valence-electron chi connectivity index (χ4n) is 5.54. The first-order valence-electron chi connectivity index (χ1n) is 16.2. The number of β-lactam (4-membered cyclic amide) rings is 1. The first-order chi connectivity index (χ1) is 24.6. The van der Waals surface area contributed by atoms with E-state index in [0.29, 0.717) is 22.0 Å². The lowest BCUT2D eigenvalue weighted by Crippen LogP contribution is -2.71. The predicted octanol–water partition coefficient (Wildman–Crippen LogP) is 2.45. The second kappa shape index (κ2) is 17.4. The average molecular weight is 739 g/mol. The molecule has 3 heterocycles. The van der Waals surface area contributed by atoms with Gasteiger partial charge in [0.15, 0.2) is 5.92 Å². The number of hydrogen-bond donors (Lipinski definition) is 1. The highest BCUT2D eigenvalue weighted by atomic mass is 32.2. The summed E-state index contributed by atoms with van der Waals surface area (Å²) >= 11 is 2.46. The van der Waals surface area contributed by atoms with Gasteiger partial charge in [-0.05, 0) is 59.5 Å². The van der Waals surface area contributed by atoms with Gasteiger partial charge in [0.1, 0.15) is 29.5 Å². The summed E-state index contributed by atoms with van der Waals surface area (Å²) in [6, 6.07) is 15.1. The monoisotopic (exact) mass is 738 g/mol. The van der Waals surface area contributed by atoms with Crippen LogP contribution < -0.4 is 10.1 Å². The van der Waals surface area contributed by atoms with Gasteiger partial charge in [-0.15, -0.1) is 16.9 Å². The van der Waals surface area contributed by atoms with Gasteiger partial charge in [0, 0.05) is 18.1 Å². The minimum Gasteiger partial charge on any atom is -0.497 e. The van der Waals surface area contributed by atoms with E-state index in [1.54, 1.807) is 64.4 Å². The Kier molecular flexibility index (Phi) is 12.7. The lowest BCUT2D eigenvalue weighted by atomic mass is 9.95. The van der Waals surface area contributed by atoms with Crippen molar-refractivity contribution in [3.63, 3.8) is 0 Å². The zero-order chi connectivity index (χ0) is 36.5. The number of carbonyl (C=O) groups excluding carboxylic acids is 5. The number of fused-ring (bicyclic) bond motifs is 1. The quantitative estimate of drug-likeness (QED) is 0.0744. The molecule has 15 nitrogen and oxygen atoms in total. The van der Waals surface area contributed by atoms with Gasteiger partial charge in [-0.2, -0.15) is 0 Å². The van der Waals surface area contributed by atoms with Crippen molar-refractivity contribution in [2.24, 2.45) is 13.0 Å². The van der Waals surface area contributed by atoms with Crippen molar-refractivity contribution in [1.29, 1.82) is 0 Å². The number of hydrogen-bond acceptors (Lipinski definition) is 14. The zero-order valence-corrected chi connectivity index (χ0v) is 30.1. The van der Waals surface area contributed by atoms with Crippen LogP contribution in [0.15, 0.2) is 71.0 Å². The number of methoxy groups -OCH3 is 1. The number of thioether (sulfide) groups is 2. The molecule has 17 heteroatoms. The van der Waals surface area contributed by atoms with E-state index in [0.717, 1.165) is 5.56 Å². The van der Waals surface area contributed by atoms with Gasteiger partial charge in [-0.3, -0.25) is 24.1 Å². The SMILES string of the molecule is CCOC(=O)C(CC1SC2C(NC(=O)Cc3ccccc3)C(=O)N2C(C(=O)OCc2ccc(OC)cc2)=C1CSc1nnnn1C)C(=O)OCC. The largest absolute Gasteiger partial charge is 0.497 e. The van der Waals surface area contributed by atoms with E-state index in [9.17, 15) is 24.0 Å². The Morgan fingerprint density at radius 2 is 1.65 bits per heavy atom. The Balaban J connectivity index is 1.51. The van der Waals surface area contributed by atoms with Crippen molar-refractivity contribution in [2.75, 3.05) is 26.1 Å². The Morgan fingerprint density at radius 1 is 0.961 bits per heavy atom. The first kappa shape index (κ1) is 37.4. The fourth-order valence-corrected chi connectivity index (χ4v) is 8.26. The molecule has 5 rings (SSSR count). The highest BCUT2D eigenvalue weighted by Crippen LogP contribution is 2.48. The van der Waals surface area contributed by atoms with Crippen LogP contribution in [0.5, 0.6) is 5.75 Å². The normalized spacial score (nSPS) is 18.1. The number of nitrogens with zero attached hydrogens (tertiary/aromatic N) is 5. The third kappa shape index (κ3) is 8.89. The molecule has 0 radical (unpaired) electrons. The van der Waals surface area contributed by atoms with Gasteiger partial charge < -0.3 is 24.3 Å². The summed E-state index contributed by atoms with van der Waals surface area (Å²) in [5, 5.41) is 13.4. The van der Waals surface area contributed by atoms with Gasteiger partial charge in [0.2, 0.25) is 11.1 Å². The third-order valence-electron chi connectivity index (χ3n) is 8.06. The number of aromatic nitrogens is 4. The summed E-state index contributed by atoms with van der Waals surface area (Å²) in [6.45, 7) is 3.21. The molecule has 1 fully saturated rings. The lowest BCUT2D eigenvalue weighted by molar-refractivity contribution is -0.162. The second-order valence-corrected chi connectivity index (χ2v) is 13.7. The minimum atomic E-state index is -1.33. The summed E-state index contributed by atoms with van der Waals surface area (Å²) in [7, 11) is 3.20. The number of nitrogens with one attached hydrogen (secondary N) is 1. The molecule has 2 amide bonds. The molecule has 0 aliphatic carbocycles. The Labute approximate surface area is 302 Å². The van der Waals surface area contributed by atoms with Crippen LogP contribution in [-0.2, 0) is 58.3 Å². The van der Waals surface area contributed by atoms with E-state index in [2.05, 4.69) is 20.8 Å². The van der Waals surface area contributed by atoms with Gasteiger partial charge in [0.05, 0.1) is 26.7 Å². The van der Waals surface area contributed by atoms with E-state index in [1.165, 1.54) is 33.1 Å². The van der Waals surface area contributed by atoms with Crippen molar-refractivity contribution in [2.45, 2.75) is 55.1 Å². The molecule has 0 saturated carbocycles. The van der Waals surface area contributed by atoms with Gasteiger partial charge in [-0.25, -0.2) is 9.48 Å². The molecular formula is C34H38N6O9S2. The zero-order valence-electron chi connectivity index (χ0n) is 28.5. The maximum absolute atomic E-state index is 14.1. The lowest BCUT2D eigenvalue weighted by Gasteiger charge is -2.52. The van der Waals surface area contributed by atoms with Crippen LogP contribution in [0.3, 0.4) is 0 Å². The van der Waals surface area contributed by atoms with E-state index in [4.69, 9.17) is 18.9 Å². The van der Waals surface area contributed by atoms with E-state index < -0.39 is 46.4 Å². The minimum absolute atomic E-state index is 0.0353. The van der Waals surface area contributed by atoms with E-state index >= 15 is 0 Å². The van der Waals surface area contributed by atoms with Gasteiger partial charge in [-0.1, -0.05) is 54.2 Å². The Hall–Kier alpha value is -4.90. The number of amides is 2. The number of rotatable bonds is 16. The molecule has 2 aromatic carbocycles. The molecular weight excluding hydrogens is 701 g/mol. The summed E-state index contributed by atoms with van der Waals surface area (Å²) in [5.41, 5.74) is 1.82. The molecule has 3 atom stereocenters. The van der Waals surface area contributed by atoms with E-state index in [-0.39, 0.29) is 50.0 Å². The van der Waals surface area contributed by atoms with Crippen LogP contribution in [0.25, 0.3) is 0 Å². The topological polar surface area (TPSA) is 181 Å². The van der Waals surface area contributed by atoms with Gasteiger partial charge in [0.25, 0.3) is 5.91 Å². The van der Waals surface area contributed by atoms with Crippen LogP contribution in [0.4, 0.5) is 0 Å². The Bertz CT molecular complexity index is 1750. The maximum Gasteiger partial charge on any atom is 0.355 e. The molecule has 2 aliphatic rings. The highest BCUT2D eigenvalue weighted by molar-refractivity contribution is 8.01. The summed E-state index contributed by atoms with van der Waals surface area (Å²) in [6.07, 6.45) is -0.0762. The summed E-state index contributed by atoms with van der Waals surface area (Å²) < 4.78 is 23.0. The number of esters is 3. The maximum atomic E-state index is 14.1. The number of benzene rings is 2. The standard InChI is InChI=1S/C34H38N6O9S2/c1-5-47-31(43)23(32(44)48-6-2)17-25-24(19-50-34-36-37-38-39(34)3)28(33(45)49-18-21-12-14-22(46-4)15-13-21)40-29(42)27(30(40)51-25)35-26(41)16-20-10-8-7-9-11-20/h7-15,23,25,27,30H,5-6,16-19H2,1-4H3,(H,35,41). The number of aryl methyl sites for hydroxylation is 1. The number of tetrazole rings is 1. The smallest absolute Gasteiger partial charge is 0.355 e. The molecule has 1 aromatic heterocycles. The predicted molar refractivity (Wildman–Crippen MR) is 185 cm³/mol. The molecule has 51 heavy (non-hydrogen) atoms. The summed E-state index contributed by atoms with van der Waals surface area (Å²) in [5.74, 6) is -3.82. The summed E-state index contributed by atoms with van der Waals surface area (Å²) in [4.78, 5) is 68.7. The molecule has 0 spiro atoms. The van der Waals surface area contributed by atoms with Crippen molar-refractivity contribution >= 4 is 53.2 Å². The van der Waals surface area contributed by atoms with Crippen LogP contribution in [-0.4, -0.2) is 97.6 Å². The molecule has 2 aliphatic heterocycles. The van der Waals surface area contributed by atoms with Crippen molar-refractivity contribution in [1.82, 2.24) is 30.4 Å². The third-order valence-corrected chi connectivity index (χ3v) is 10.7. The first-order valence-corrected chi connectivity index (χ1v) is 18.1. The molecule has 1 saturated heterocycles. The van der Waals surface area contributed by atoms with Gasteiger partial charge >= 0.3 is 17.9 Å². The number of ether oxygens (including phenoxy) is 4. The number of carbonyl (C=O) groups is 5. The van der Waals surface area contributed by atoms with E-state index in [1.807, 2.05) is 18.2 Å². The van der Waals surface area contributed by atoms with Crippen LogP contribution >= 0.6 is 23.5 Å². The fraction of sp³-hybridized carbons (Fsp3) is 0.412. The van der Waals surface area contributed by atoms with Crippen LogP contribution in [0, 0.1) is 5.92 Å². The van der Waals surface area contributed by atoms with Crippen molar-refractivity contribution in [3.8, 4) is 5.75 Å². The average Bonchev–Trinajstić information content (AvgIpc) is 3.55. The highest BCUT2D eigenvalue weighted by Gasteiger charge is 2.57. The Morgan fingerprint density at radius 3 is 2.25 bits per heavy atom. The molecule has 270 valence electrons. The molecule has 0 bridgehead atoms. The molecule has 3 unspecified atom stereocenters. The molecule has 3 aromatic rings. The van der Waals surface area contributed by atoms with Crippen molar-refractivity contribution < 1.29 is 42.9 Å². The van der Waals surface area contributed by atoms with Crippen molar-refractivity contribution in [3.05, 3.63) is 77.0 Å². The van der Waals surface area contributed by atoms with Crippen LogP contribution in [0.1, 0.15) is 31.4 Å². The van der Waals surface area contributed by atoms with Crippen LogP contribution in [0.2, 0.25) is 0 Å².